The zero-order valence-corrected chi connectivity index (χ0v) is 22.9. The first-order chi connectivity index (χ1) is 17.8. The van der Waals surface area contributed by atoms with Gasteiger partial charge in [0.2, 0.25) is 5.91 Å². The zero-order valence-electron chi connectivity index (χ0n) is 21.3. The summed E-state index contributed by atoms with van der Waals surface area (Å²) in [5.74, 6) is 2.36. The maximum Gasteiger partial charge on any atom is 0.223 e. The summed E-state index contributed by atoms with van der Waals surface area (Å²) in [4.78, 5) is 22.0. The molecule has 1 aromatic carbocycles. The van der Waals surface area contributed by atoms with E-state index in [-0.39, 0.29) is 23.7 Å². The third-order valence-corrected chi connectivity index (χ3v) is 9.70. The van der Waals surface area contributed by atoms with Crippen LogP contribution in [0.15, 0.2) is 29.3 Å². The average molecular weight is 536 g/mol. The number of hydrogen-bond donors (Lipinski definition) is 0. The summed E-state index contributed by atoms with van der Waals surface area (Å²) in [6.07, 6.45) is 4.43. The second kappa shape index (κ2) is 8.48. The van der Waals surface area contributed by atoms with Gasteiger partial charge >= 0.3 is 0 Å². The highest BCUT2D eigenvalue weighted by Gasteiger charge is 2.52. The van der Waals surface area contributed by atoms with Crippen molar-refractivity contribution < 1.29 is 9.53 Å². The summed E-state index contributed by atoms with van der Waals surface area (Å²) in [5.41, 5.74) is 4.06. The van der Waals surface area contributed by atoms with Crippen molar-refractivity contribution in [1.29, 1.82) is 0 Å². The number of nitrogens with zero attached hydrogens (tertiary/aromatic N) is 5. The van der Waals surface area contributed by atoms with Crippen LogP contribution in [-0.4, -0.2) is 56.6 Å². The molecule has 37 heavy (non-hydrogen) atoms. The van der Waals surface area contributed by atoms with Crippen LogP contribution in [-0.2, 0) is 27.9 Å². The van der Waals surface area contributed by atoms with E-state index in [2.05, 4.69) is 20.8 Å². The number of amides is 1. The molecule has 4 aliphatic rings. The molecule has 9 heteroatoms. The van der Waals surface area contributed by atoms with Gasteiger partial charge in [-0.1, -0.05) is 29.8 Å². The van der Waals surface area contributed by atoms with Crippen LogP contribution in [0.2, 0.25) is 5.02 Å². The van der Waals surface area contributed by atoms with E-state index in [1.807, 2.05) is 55.2 Å². The predicted octanol–water partition coefficient (Wildman–Crippen LogP) is 4.87. The molecular weight excluding hydrogens is 506 g/mol. The highest BCUT2D eigenvalue weighted by atomic mass is 35.5. The Morgan fingerprint density at radius 1 is 1.16 bits per heavy atom. The van der Waals surface area contributed by atoms with Gasteiger partial charge in [-0.05, 0) is 64.0 Å². The number of halogens is 1. The lowest BCUT2D eigenvalue weighted by Crippen LogP contribution is -2.48. The average Bonchev–Trinajstić information content (AvgIpc) is 3.21. The van der Waals surface area contributed by atoms with E-state index >= 15 is 0 Å². The number of rotatable bonds is 3. The maximum absolute atomic E-state index is 13.3. The van der Waals surface area contributed by atoms with E-state index in [0.29, 0.717) is 30.5 Å². The zero-order chi connectivity index (χ0) is 25.5. The molecule has 2 aliphatic heterocycles. The number of aromatic nitrogens is 3. The molecule has 1 amide bonds. The highest BCUT2D eigenvalue weighted by molar-refractivity contribution is 7.15. The number of fused-ring (bicyclic) bond motifs is 6. The first-order valence-electron chi connectivity index (χ1n) is 13.2. The Morgan fingerprint density at radius 2 is 1.92 bits per heavy atom. The molecule has 0 N–H and O–H groups in total. The van der Waals surface area contributed by atoms with Gasteiger partial charge in [-0.25, -0.2) is 0 Å². The molecular formula is C28H30ClN5O2S. The number of aryl methyl sites for hydroxylation is 1. The Bertz CT molecular complexity index is 1440. The summed E-state index contributed by atoms with van der Waals surface area (Å²) in [7, 11) is 0. The van der Waals surface area contributed by atoms with Crippen molar-refractivity contribution in [2.75, 3.05) is 13.1 Å². The van der Waals surface area contributed by atoms with Gasteiger partial charge in [-0.2, -0.15) is 0 Å². The number of hydrogen-bond acceptors (Lipinski definition) is 6. The van der Waals surface area contributed by atoms with Crippen LogP contribution >= 0.6 is 22.9 Å². The van der Waals surface area contributed by atoms with Gasteiger partial charge in [-0.15, -0.1) is 21.5 Å². The fourth-order valence-corrected chi connectivity index (χ4v) is 8.05. The largest absolute Gasteiger partial charge is 0.372 e. The Hall–Kier alpha value is -2.55. The van der Waals surface area contributed by atoms with Crippen molar-refractivity contribution in [2.24, 2.45) is 10.9 Å². The van der Waals surface area contributed by atoms with Crippen molar-refractivity contribution >= 4 is 34.6 Å². The van der Waals surface area contributed by atoms with Crippen molar-refractivity contribution in [3.05, 3.63) is 62.5 Å². The standard InChI is InChI=1S/C28H30ClN5O2S/c1-15-13-33(14-16(2)36-15)23(35)12-18-10-20-22(11-18)37-26-24(20)25(19-6-4-5-7-21(19)29)30-28(8-9-28)27-32-31-17(3)34(26)27/h4-7,15-16,18H,8-14H2,1-3H3/t15-,16+,18-/m0/s1. The van der Waals surface area contributed by atoms with Crippen LogP contribution in [0.3, 0.4) is 0 Å². The smallest absolute Gasteiger partial charge is 0.223 e. The molecule has 2 aromatic heterocycles. The summed E-state index contributed by atoms with van der Waals surface area (Å²) < 4.78 is 8.07. The van der Waals surface area contributed by atoms with E-state index in [1.54, 1.807) is 0 Å². The summed E-state index contributed by atoms with van der Waals surface area (Å²) >= 11 is 8.57. The minimum Gasteiger partial charge on any atom is -0.372 e. The van der Waals surface area contributed by atoms with Gasteiger partial charge in [0, 0.05) is 40.5 Å². The minimum absolute atomic E-state index is 0.0824. The SMILES string of the molecule is Cc1nnc2n1-c1sc3c(c1C(c1ccccc1Cl)=NC21CC1)C[C@H](CC(=O)N1C[C@@H](C)O[C@@H](C)C1)C3. The van der Waals surface area contributed by atoms with Crippen molar-refractivity contribution in [3.8, 4) is 5.00 Å². The fraction of sp³-hybridized carbons (Fsp3) is 0.500. The first kappa shape index (κ1) is 23.6. The second-order valence-electron chi connectivity index (χ2n) is 11.1. The molecule has 1 spiro atoms. The molecule has 3 atom stereocenters. The first-order valence-corrected chi connectivity index (χ1v) is 14.4. The second-order valence-corrected chi connectivity index (χ2v) is 12.6. The van der Waals surface area contributed by atoms with Gasteiger partial charge in [0.25, 0.3) is 0 Å². The third kappa shape index (κ3) is 3.79. The number of carbonyl (C=O) groups is 1. The van der Waals surface area contributed by atoms with E-state index in [9.17, 15) is 4.79 Å². The number of carbonyl (C=O) groups excluding carboxylic acids is 1. The van der Waals surface area contributed by atoms with Gasteiger partial charge in [0.05, 0.1) is 17.9 Å². The number of aliphatic imine (C=N–C) groups is 1. The van der Waals surface area contributed by atoms with Crippen molar-refractivity contribution in [3.63, 3.8) is 0 Å². The van der Waals surface area contributed by atoms with Gasteiger partial charge in [0.1, 0.15) is 16.4 Å². The number of ether oxygens (including phenoxy) is 1. The third-order valence-electron chi connectivity index (χ3n) is 8.13. The molecule has 7 nitrogen and oxygen atoms in total. The predicted molar refractivity (Wildman–Crippen MR) is 144 cm³/mol. The minimum atomic E-state index is -0.334. The van der Waals surface area contributed by atoms with Crippen LogP contribution in [0.25, 0.3) is 5.00 Å². The van der Waals surface area contributed by atoms with Crippen LogP contribution in [0, 0.1) is 12.8 Å². The van der Waals surface area contributed by atoms with Crippen LogP contribution in [0.1, 0.15) is 66.3 Å². The molecule has 4 heterocycles. The molecule has 0 unspecified atom stereocenters. The molecule has 192 valence electrons. The number of thiophene rings is 1. The molecule has 0 radical (unpaired) electrons. The fourth-order valence-electron chi connectivity index (χ4n) is 6.33. The molecule has 7 rings (SSSR count). The molecule has 2 fully saturated rings. The quantitative estimate of drug-likeness (QED) is 0.479. The molecule has 0 bridgehead atoms. The Balaban J connectivity index is 1.27. The molecule has 2 aliphatic carbocycles. The van der Waals surface area contributed by atoms with Gasteiger partial charge in [0.15, 0.2) is 5.82 Å². The lowest BCUT2D eigenvalue weighted by Gasteiger charge is -2.35. The van der Waals surface area contributed by atoms with Crippen molar-refractivity contribution in [2.45, 2.75) is 70.6 Å². The lowest BCUT2D eigenvalue weighted by atomic mass is 9.96. The Labute approximate surface area is 225 Å². The van der Waals surface area contributed by atoms with Gasteiger partial charge < -0.3 is 9.64 Å². The Kier molecular flexibility index (Phi) is 5.40. The van der Waals surface area contributed by atoms with Gasteiger partial charge in [-0.3, -0.25) is 14.4 Å². The van der Waals surface area contributed by atoms with E-state index in [0.717, 1.165) is 59.2 Å². The summed E-state index contributed by atoms with van der Waals surface area (Å²) in [6.45, 7) is 7.46. The maximum atomic E-state index is 13.3. The van der Waals surface area contributed by atoms with E-state index in [1.165, 1.54) is 10.4 Å². The Morgan fingerprint density at radius 3 is 2.65 bits per heavy atom. The van der Waals surface area contributed by atoms with E-state index < -0.39 is 0 Å². The summed E-state index contributed by atoms with van der Waals surface area (Å²) in [6, 6.07) is 7.99. The van der Waals surface area contributed by atoms with E-state index in [4.69, 9.17) is 21.3 Å². The van der Waals surface area contributed by atoms with Crippen LogP contribution < -0.4 is 0 Å². The van der Waals surface area contributed by atoms with Crippen LogP contribution in [0.4, 0.5) is 0 Å². The van der Waals surface area contributed by atoms with Crippen LogP contribution in [0.5, 0.6) is 0 Å². The molecule has 1 saturated carbocycles. The summed E-state index contributed by atoms with van der Waals surface area (Å²) in [5, 5.41) is 10.9. The van der Waals surface area contributed by atoms with Crippen molar-refractivity contribution in [1.82, 2.24) is 19.7 Å². The topological polar surface area (TPSA) is 72.6 Å². The lowest BCUT2D eigenvalue weighted by molar-refractivity contribution is -0.144. The number of benzene rings is 1. The monoisotopic (exact) mass is 535 g/mol. The number of morpholine rings is 1. The highest BCUT2D eigenvalue weighted by Crippen LogP contribution is 2.54. The molecule has 1 saturated heterocycles. The molecule has 3 aromatic rings. The normalized spacial score (nSPS) is 25.4.